The molecule has 0 fully saturated rings. The highest BCUT2D eigenvalue weighted by Crippen LogP contribution is 2.30. The number of aromatic nitrogens is 1. The number of fused-ring (bicyclic) bond motifs is 1. The van der Waals surface area contributed by atoms with Crippen molar-refractivity contribution in [1.82, 2.24) is 9.88 Å². The number of amides is 2. The molecule has 2 aromatic heterocycles. The summed E-state index contributed by atoms with van der Waals surface area (Å²) in [4.78, 5) is 46.0. The molecule has 164 valence electrons. The van der Waals surface area contributed by atoms with Gasteiger partial charge in [-0.3, -0.25) is 19.7 Å². The fourth-order valence-electron chi connectivity index (χ4n) is 3.77. The van der Waals surface area contributed by atoms with E-state index < -0.39 is 0 Å². The third-order valence-electron chi connectivity index (χ3n) is 5.46. The first-order chi connectivity index (χ1) is 16.1. The number of thiazole rings is 1. The molecular formula is C25H19N3O3S2. The van der Waals surface area contributed by atoms with Crippen molar-refractivity contribution in [2.24, 2.45) is 0 Å². The molecule has 1 aliphatic heterocycles. The summed E-state index contributed by atoms with van der Waals surface area (Å²) in [7, 11) is 0. The van der Waals surface area contributed by atoms with Gasteiger partial charge >= 0.3 is 0 Å². The van der Waals surface area contributed by atoms with Crippen LogP contribution in [0.4, 0.5) is 5.13 Å². The predicted octanol–water partition coefficient (Wildman–Crippen LogP) is 4.89. The molecule has 1 aliphatic rings. The van der Waals surface area contributed by atoms with Crippen molar-refractivity contribution in [2.45, 2.75) is 13.0 Å². The molecule has 5 rings (SSSR count). The molecule has 3 heterocycles. The lowest BCUT2D eigenvalue weighted by molar-refractivity contribution is 0.0732. The number of anilines is 1. The lowest BCUT2D eigenvalue weighted by Gasteiger charge is -2.26. The van der Waals surface area contributed by atoms with Gasteiger partial charge in [-0.2, -0.15) is 11.3 Å². The van der Waals surface area contributed by atoms with Gasteiger partial charge in [-0.15, -0.1) is 0 Å². The standard InChI is InChI=1S/C25H19N3O3S2/c29-22(16-6-2-1-3-7-16)18-8-4-5-9-19(18)24(31)28-12-10-20-21(14-28)33-25(26-20)27-23(30)17-11-13-32-15-17/h1-9,11,13,15H,10,12,14H2,(H,26,27,30). The Morgan fingerprint density at radius 3 is 2.42 bits per heavy atom. The molecule has 2 amide bonds. The van der Waals surface area contributed by atoms with E-state index in [1.165, 1.54) is 22.7 Å². The third kappa shape index (κ3) is 4.35. The Morgan fingerprint density at radius 2 is 1.67 bits per heavy atom. The number of hydrogen-bond acceptors (Lipinski definition) is 6. The first kappa shape index (κ1) is 21.2. The van der Waals surface area contributed by atoms with Gasteiger partial charge in [0.1, 0.15) is 0 Å². The van der Waals surface area contributed by atoms with Crippen LogP contribution in [0.2, 0.25) is 0 Å². The van der Waals surface area contributed by atoms with E-state index in [9.17, 15) is 14.4 Å². The van der Waals surface area contributed by atoms with Crippen molar-refractivity contribution in [2.75, 3.05) is 11.9 Å². The smallest absolute Gasteiger partial charge is 0.258 e. The third-order valence-corrected chi connectivity index (χ3v) is 7.14. The van der Waals surface area contributed by atoms with E-state index in [2.05, 4.69) is 10.3 Å². The number of nitrogens with zero attached hydrogens (tertiary/aromatic N) is 2. The summed E-state index contributed by atoms with van der Waals surface area (Å²) in [5.41, 5.74) is 2.84. The Morgan fingerprint density at radius 1 is 0.909 bits per heavy atom. The first-order valence-corrected chi connectivity index (χ1v) is 12.2. The summed E-state index contributed by atoms with van der Waals surface area (Å²) >= 11 is 2.85. The van der Waals surface area contributed by atoms with Crippen LogP contribution in [-0.2, 0) is 13.0 Å². The Hall–Kier alpha value is -3.62. The molecule has 0 unspecified atom stereocenters. The number of ketones is 1. The molecule has 0 bridgehead atoms. The summed E-state index contributed by atoms with van der Waals surface area (Å²) in [6, 6.07) is 17.7. The average Bonchev–Trinajstić information content (AvgIpc) is 3.53. The molecule has 6 nitrogen and oxygen atoms in total. The summed E-state index contributed by atoms with van der Waals surface area (Å²) in [6.07, 6.45) is 0.598. The van der Waals surface area contributed by atoms with Gasteiger partial charge in [-0.05, 0) is 17.5 Å². The van der Waals surface area contributed by atoms with E-state index in [1.807, 2.05) is 23.6 Å². The minimum Gasteiger partial charge on any atom is -0.333 e. The number of hydrogen-bond donors (Lipinski definition) is 1. The molecule has 4 aromatic rings. The zero-order valence-electron chi connectivity index (χ0n) is 17.5. The highest BCUT2D eigenvalue weighted by atomic mass is 32.1. The van der Waals surface area contributed by atoms with Crippen LogP contribution >= 0.6 is 22.7 Å². The molecule has 0 spiro atoms. The van der Waals surface area contributed by atoms with E-state index >= 15 is 0 Å². The van der Waals surface area contributed by atoms with E-state index in [0.29, 0.717) is 46.9 Å². The topological polar surface area (TPSA) is 79.4 Å². The molecule has 0 saturated carbocycles. The van der Waals surface area contributed by atoms with Crippen LogP contribution in [0.25, 0.3) is 0 Å². The van der Waals surface area contributed by atoms with Crippen LogP contribution in [-0.4, -0.2) is 34.0 Å². The number of carbonyl (C=O) groups excluding carboxylic acids is 3. The number of benzene rings is 2. The van der Waals surface area contributed by atoms with Crippen LogP contribution in [0.5, 0.6) is 0 Å². The molecule has 2 aromatic carbocycles. The van der Waals surface area contributed by atoms with Gasteiger partial charge in [0.15, 0.2) is 10.9 Å². The molecule has 1 N–H and O–H groups in total. The zero-order chi connectivity index (χ0) is 22.8. The monoisotopic (exact) mass is 473 g/mol. The fraction of sp³-hybridized carbons (Fsp3) is 0.120. The van der Waals surface area contributed by atoms with Crippen LogP contribution in [0.3, 0.4) is 0 Å². The lowest BCUT2D eigenvalue weighted by Crippen LogP contribution is -2.36. The van der Waals surface area contributed by atoms with Crippen molar-refractivity contribution in [3.8, 4) is 0 Å². The number of rotatable bonds is 5. The van der Waals surface area contributed by atoms with Crippen LogP contribution in [0.15, 0.2) is 71.4 Å². The Bertz CT molecular complexity index is 1330. The molecule has 33 heavy (non-hydrogen) atoms. The largest absolute Gasteiger partial charge is 0.333 e. The fourth-order valence-corrected chi connectivity index (χ4v) is 5.42. The second-order valence-electron chi connectivity index (χ2n) is 7.57. The molecule has 0 aliphatic carbocycles. The average molecular weight is 474 g/mol. The Labute approximate surface area is 198 Å². The Kier molecular flexibility index (Phi) is 5.85. The lowest BCUT2D eigenvalue weighted by atomic mass is 9.97. The summed E-state index contributed by atoms with van der Waals surface area (Å²) in [5, 5.41) is 7.02. The minimum atomic E-state index is -0.191. The predicted molar refractivity (Wildman–Crippen MR) is 129 cm³/mol. The normalized spacial score (nSPS) is 12.8. The zero-order valence-corrected chi connectivity index (χ0v) is 19.1. The van der Waals surface area contributed by atoms with Gasteiger partial charge in [-0.1, -0.05) is 59.9 Å². The van der Waals surface area contributed by atoms with Gasteiger partial charge in [-0.25, -0.2) is 4.98 Å². The highest BCUT2D eigenvalue weighted by molar-refractivity contribution is 7.16. The van der Waals surface area contributed by atoms with Crippen molar-refractivity contribution >= 4 is 45.4 Å². The van der Waals surface area contributed by atoms with Crippen molar-refractivity contribution < 1.29 is 14.4 Å². The van der Waals surface area contributed by atoms with Gasteiger partial charge in [0, 0.05) is 34.3 Å². The summed E-state index contributed by atoms with van der Waals surface area (Å²) in [5.74, 6) is -0.546. The molecule has 0 atom stereocenters. The maximum atomic E-state index is 13.4. The maximum absolute atomic E-state index is 13.4. The maximum Gasteiger partial charge on any atom is 0.258 e. The van der Waals surface area contributed by atoms with Crippen LogP contribution in [0.1, 0.15) is 47.2 Å². The first-order valence-electron chi connectivity index (χ1n) is 10.4. The number of thiophene rings is 1. The van der Waals surface area contributed by atoms with Crippen molar-refractivity contribution in [3.05, 3.63) is 104 Å². The van der Waals surface area contributed by atoms with Gasteiger partial charge in [0.2, 0.25) is 0 Å². The van der Waals surface area contributed by atoms with Gasteiger partial charge in [0.05, 0.1) is 23.4 Å². The van der Waals surface area contributed by atoms with E-state index in [-0.39, 0.29) is 17.6 Å². The molecular weight excluding hydrogens is 454 g/mol. The van der Waals surface area contributed by atoms with Gasteiger partial charge < -0.3 is 4.90 Å². The van der Waals surface area contributed by atoms with Crippen molar-refractivity contribution in [1.29, 1.82) is 0 Å². The quantitative estimate of drug-likeness (QED) is 0.419. The highest BCUT2D eigenvalue weighted by Gasteiger charge is 2.28. The van der Waals surface area contributed by atoms with E-state index in [4.69, 9.17) is 0 Å². The van der Waals surface area contributed by atoms with Crippen LogP contribution in [0, 0.1) is 0 Å². The van der Waals surface area contributed by atoms with Crippen molar-refractivity contribution in [3.63, 3.8) is 0 Å². The SMILES string of the molecule is O=C(Nc1nc2c(s1)CN(C(=O)c1ccccc1C(=O)c1ccccc1)CC2)c1ccsc1. The molecule has 0 saturated heterocycles. The minimum absolute atomic E-state index is 0.173. The summed E-state index contributed by atoms with van der Waals surface area (Å²) < 4.78 is 0. The van der Waals surface area contributed by atoms with E-state index in [1.54, 1.807) is 52.7 Å². The number of carbonyl (C=O) groups is 3. The molecule has 8 heteroatoms. The van der Waals surface area contributed by atoms with Gasteiger partial charge in [0.25, 0.3) is 11.8 Å². The van der Waals surface area contributed by atoms with E-state index in [0.717, 1.165) is 10.6 Å². The summed E-state index contributed by atoms with van der Waals surface area (Å²) in [6.45, 7) is 0.898. The molecule has 0 radical (unpaired) electrons. The second-order valence-corrected chi connectivity index (χ2v) is 9.44. The van der Waals surface area contributed by atoms with Crippen LogP contribution < -0.4 is 5.32 Å². The Balaban J connectivity index is 1.35. The second kappa shape index (κ2) is 9.09. The number of nitrogens with one attached hydrogen (secondary N) is 1.